The van der Waals surface area contributed by atoms with Crippen LogP contribution in [-0.2, 0) is 4.79 Å². The SMILES string of the molecule is N#C/C(=C\c1ccc(-c2ccc(Cl)cc2[N+](=O)[O-])o1)C(=O)Nc1ccc2ccccc2c1. The fourth-order valence-electron chi connectivity index (χ4n) is 3.20. The number of carbonyl (C=O) groups is 1. The summed E-state index contributed by atoms with van der Waals surface area (Å²) in [7, 11) is 0. The van der Waals surface area contributed by atoms with Crippen LogP contribution >= 0.6 is 11.6 Å². The smallest absolute Gasteiger partial charge is 0.281 e. The highest BCUT2D eigenvalue weighted by Crippen LogP contribution is 2.33. The Kier molecular flexibility index (Phi) is 5.71. The molecule has 0 spiro atoms. The number of halogens is 1. The van der Waals surface area contributed by atoms with Crippen LogP contribution in [0, 0.1) is 21.4 Å². The molecule has 32 heavy (non-hydrogen) atoms. The lowest BCUT2D eigenvalue weighted by Crippen LogP contribution is -2.13. The van der Waals surface area contributed by atoms with Crippen LogP contribution in [-0.4, -0.2) is 10.8 Å². The molecule has 1 aromatic heterocycles. The highest BCUT2D eigenvalue weighted by Gasteiger charge is 2.19. The topological polar surface area (TPSA) is 109 Å². The predicted molar refractivity (Wildman–Crippen MR) is 122 cm³/mol. The molecule has 0 atom stereocenters. The number of rotatable bonds is 5. The third kappa shape index (κ3) is 4.36. The van der Waals surface area contributed by atoms with Crippen molar-refractivity contribution >= 4 is 45.7 Å². The largest absolute Gasteiger partial charge is 0.456 e. The van der Waals surface area contributed by atoms with Crippen molar-refractivity contribution in [3.05, 3.63) is 99.3 Å². The monoisotopic (exact) mass is 443 g/mol. The number of nitrogens with zero attached hydrogens (tertiary/aromatic N) is 2. The quantitative estimate of drug-likeness (QED) is 0.171. The van der Waals surface area contributed by atoms with Crippen LogP contribution in [0.15, 0.2) is 82.8 Å². The number of furan rings is 1. The zero-order chi connectivity index (χ0) is 22.7. The number of nitro groups is 1. The molecule has 7 nitrogen and oxygen atoms in total. The average molecular weight is 444 g/mol. The summed E-state index contributed by atoms with van der Waals surface area (Å²) in [5.74, 6) is -0.181. The molecular weight excluding hydrogens is 430 g/mol. The highest BCUT2D eigenvalue weighted by molar-refractivity contribution is 6.30. The second kappa shape index (κ2) is 8.76. The van der Waals surface area contributed by atoms with Gasteiger partial charge in [-0.3, -0.25) is 14.9 Å². The maximum Gasteiger partial charge on any atom is 0.281 e. The Hall–Kier alpha value is -4.41. The third-order valence-corrected chi connectivity index (χ3v) is 4.94. The first-order valence-electron chi connectivity index (χ1n) is 9.41. The van der Waals surface area contributed by atoms with Crippen molar-refractivity contribution in [2.24, 2.45) is 0 Å². The van der Waals surface area contributed by atoms with Gasteiger partial charge in [-0.1, -0.05) is 41.9 Å². The lowest BCUT2D eigenvalue weighted by Gasteiger charge is -2.06. The number of amides is 1. The minimum Gasteiger partial charge on any atom is -0.456 e. The summed E-state index contributed by atoms with van der Waals surface area (Å²) in [5.41, 5.74) is 0.395. The number of hydrogen-bond acceptors (Lipinski definition) is 5. The van der Waals surface area contributed by atoms with Gasteiger partial charge in [0.15, 0.2) is 0 Å². The van der Waals surface area contributed by atoms with E-state index in [1.54, 1.807) is 6.07 Å². The summed E-state index contributed by atoms with van der Waals surface area (Å²) >= 11 is 5.85. The van der Waals surface area contributed by atoms with Crippen LogP contribution in [0.5, 0.6) is 0 Å². The maximum absolute atomic E-state index is 12.6. The Bertz CT molecular complexity index is 1430. The van der Waals surface area contributed by atoms with Gasteiger partial charge >= 0.3 is 0 Å². The van der Waals surface area contributed by atoms with E-state index in [0.29, 0.717) is 5.69 Å². The van der Waals surface area contributed by atoms with E-state index in [0.717, 1.165) is 10.8 Å². The number of hydrogen-bond donors (Lipinski definition) is 1. The van der Waals surface area contributed by atoms with Gasteiger partial charge in [0.25, 0.3) is 11.6 Å². The second-order valence-corrected chi connectivity index (χ2v) is 7.24. The molecule has 0 unspecified atom stereocenters. The van der Waals surface area contributed by atoms with Crippen LogP contribution in [0.4, 0.5) is 11.4 Å². The molecule has 0 saturated heterocycles. The van der Waals surface area contributed by atoms with Gasteiger partial charge in [0.2, 0.25) is 0 Å². The van der Waals surface area contributed by atoms with Crippen LogP contribution in [0.25, 0.3) is 28.2 Å². The zero-order valence-electron chi connectivity index (χ0n) is 16.4. The Morgan fingerprint density at radius 1 is 1.06 bits per heavy atom. The fourth-order valence-corrected chi connectivity index (χ4v) is 3.36. The minimum atomic E-state index is -0.599. The molecule has 8 heteroatoms. The van der Waals surface area contributed by atoms with Crippen molar-refractivity contribution in [3.8, 4) is 17.4 Å². The van der Waals surface area contributed by atoms with Gasteiger partial charge in [0.1, 0.15) is 23.2 Å². The van der Waals surface area contributed by atoms with Crippen molar-refractivity contribution in [1.82, 2.24) is 0 Å². The number of anilines is 1. The van der Waals surface area contributed by atoms with Crippen molar-refractivity contribution in [2.75, 3.05) is 5.32 Å². The van der Waals surface area contributed by atoms with Gasteiger partial charge in [0, 0.05) is 22.9 Å². The molecule has 0 aliphatic heterocycles. The maximum atomic E-state index is 12.6. The van der Waals surface area contributed by atoms with Gasteiger partial charge in [-0.05, 0) is 47.2 Å². The van der Waals surface area contributed by atoms with Gasteiger partial charge in [-0.25, -0.2) is 0 Å². The lowest BCUT2D eigenvalue weighted by molar-refractivity contribution is -0.384. The molecule has 0 aliphatic carbocycles. The number of carbonyl (C=O) groups excluding carboxylic acids is 1. The molecule has 0 bridgehead atoms. The van der Waals surface area contributed by atoms with E-state index in [-0.39, 0.29) is 33.4 Å². The van der Waals surface area contributed by atoms with Gasteiger partial charge in [-0.2, -0.15) is 5.26 Å². The summed E-state index contributed by atoms with van der Waals surface area (Å²) < 4.78 is 5.64. The van der Waals surface area contributed by atoms with E-state index in [1.807, 2.05) is 42.5 Å². The van der Waals surface area contributed by atoms with E-state index in [1.165, 1.54) is 36.4 Å². The summed E-state index contributed by atoms with van der Waals surface area (Å²) in [4.78, 5) is 23.4. The van der Waals surface area contributed by atoms with Crippen molar-refractivity contribution in [3.63, 3.8) is 0 Å². The molecular formula is C24H14ClN3O4. The number of fused-ring (bicyclic) bond motifs is 1. The number of nitro benzene ring substituents is 1. The summed E-state index contributed by atoms with van der Waals surface area (Å²) in [6.45, 7) is 0. The fraction of sp³-hybridized carbons (Fsp3) is 0. The summed E-state index contributed by atoms with van der Waals surface area (Å²) in [6.07, 6.45) is 1.28. The van der Waals surface area contributed by atoms with E-state index < -0.39 is 10.8 Å². The van der Waals surface area contributed by atoms with Crippen LogP contribution in [0.3, 0.4) is 0 Å². The van der Waals surface area contributed by atoms with E-state index in [2.05, 4.69) is 5.32 Å². The standard InChI is InChI=1S/C24H14ClN3O4/c25-18-6-9-21(22(13-18)28(30)31)23-10-8-20(32-23)12-17(14-26)24(29)27-19-7-5-15-3-1-2-4-16(15)11-19/h1-13H,(H,27,29)/b17-12+. The molecule has 0 radical (unpaired) electrons. The molecule has 0 fully saturated rings. The molecule has 1 N–H and O–H groups in total. The zero-order valence-corrected chi connectivity index (χ0v) is 17.2. The molecule has 1 amide bonds. The summed E-state index contributed by atoms with van der Waals surface area (Å²) in [5, 5.41) is 25.7. The van der Waals surface area contributed by atoms with E-state index in [9.17, 15) is 20.2 Å². The lowest BCUT2D eigenvalue weighted by atomic mass is 10.1. The number of nitrogens with one attached hydrogen (secondary N) is 1. The molecule has 1 heterocycles. The third-order valence-electron chi connectivity index (χ3n) is 4.71. The van der Waals surface area contributed by atoms with Crippen molar-refractivity contribution in [1.29, 1.82) is 5.26 Å². The Morgan fingerprint density at radius 2 is 1.84 bits per heavy atom. The molecule has 3 aromatic carbocycles. The molecule has 0 aliphatic rings. The summed E-state index contributed by atoms with van der Waals surface area (Å²) in [6, 6.07) is 22.3. The van der Waals surface area contributed by atoms with Crippen LogP contribution in [0.2, 0.25) is 5.02 Å². The normalized spacial score (nSPS) is 11.2. The van der Waals surface area contributed by atoms with E-state index >= 15 is 0 Å². The van der Waals surface area contributed by atoms with Crippen LogP contribution in [0.1, 0.15) is 5.76 Å². The first kappa shape index (κ1) is 20.8. The number of benzene rings is 3. The Labute approximate surface area is 187 Å². The Balaban J connectivity index is 1.59. The van der Waals surface area contributed by atoms with Crippen LogP contribution < -0.4 is 5.32 Å². The Morgan fingerprint density at radius 3 is 2.59 bits per heavy atom. The molecule has 0 saturated carbocycles. The van der Waals surface area contributed by atoms with Gasteiger partial charge in [0.05, 0.1) is 10.5 Å². The average Bonchev–Trinajstić information content (AvgIpc) is 3.25. The minimum absolute atomic E-state index is 0.176. The van der Waals surface area contributed by atoms with Gasteiger partial charge < -0.3 is 9.73 Å². The second-order valence-electron chi connectivity index (χ2n) is 6.81. The first-order chi connectivity index (χ1) is 15.4. The number of nitriles is 1. The van der Waals surface area contributed by atoms with Crippen molar-refractivity contribution < 1.29 is 14.1 Å². The molecule has 156 valence electrons. The van der Waals surface area contributed by atoms with E-state index in [4.69, 9.17) is 16.0 Å². The first-order valence-corrected chi connectivity index (χ1v) is 9.78. The highest BCUT2D eigenvalue weighted by atomic mass is 35.5. The van der Waals surface area contributed by atoms with Crippen molar-refractivity contribution in [2.45, 2.75) is 0 Å². The predicted octanol–water partition coefficient (Wildman–Crippen LogP) is 6.21. The molecule has 4 rings (SSSR count). The van der Waals surface area contributed by atoms with Gasteiger partial charge in [-0.15, -0.1) is 0 Å². The molecule has 4 aromatic rings.